The van der Waals surface area contributed by atoms with E-state index in [1.165, 1.54) is 16.8 Å². The highest BCUT2D eigenvalue weighted by atomic mass is 16.3. The zero-order valence-electron chi connectivity index (χ0n) is 21.5. The van der Waals surface area contributed by atoms with Gasteiger partial charge in [0.1, 0.15) is 5.75 Å². The van der Waals surface area contributed by atoms with Gasteiger partial charge in [0, 0.05) is 18.5 Å². The van der Waals surface area contributed by atoms with E-state index >= 15 is 0 Å². The number of phenolic OH excluding ortho intramolecular Hbond substituents is 1. The molecule has 0 spiro atoms. The molecule has 7 nitrogen and oxygen atoms in total. The Bertz CT molecular complexity index is 1430. The van der Waals surface area contributed by atoms with Crippen LogP contribution in [-0.2, 0) is 25.6 Å². The number of anilines is 1. The molecule has 194 valence electrons. The molecule has 0 unspecified atom stereocenters. The highest BCUT2D eigenvalue weighted by Gasteiger charge is 2.67. The van der Waals surface area contributed by atoms with Crippen LogP contribution >= 0.6 is 0 Å². The molecule has 2 aliphatic carbocycles. The minimum absolute atomic E-state index is 0.0744. The Labute approximate surface area is 221 Å². The maximum Gasteiger partial charge on any atom is 0.241 e. The Morgan fingerprint density at radius 3 is 2.45 bits per heavy atom. The minimum Gasteiger partial charge on any atom is -0.507 e. The Balaban J connectivity index is 1.57. The molecule has 2 heterocycles. The molecule has 4 aliphatic rings. The summed E-state index contributed by atoms with van der Waals surface area (Å²) in [4.78, 5) is 57.0. The number of nitrogens with zero attached hydrogens (tertiary/aromatic N) is 2. The second-order valence-corrected chi connectivity index (χ2v) is 11.1. The highest BCUT2D eigenvalue weighted by Crippen LogP contribution is 2.64. The number of aromatic hydroxyl groups is 1. The summed E-state index contributed by atoms with van der Waals surface area (Å²) < 4.78 is 0. The van der Waals surface area contributed by atoms with E-state index in [4.69, 9.17) is 0 Å². The van der Waals surface area contributed by atoms with Gasteiger partial charge in [0.25, 0.3) is 0 Å². The average molecular weight is 511 g/mol. The van der Waals surface area contributed by atoms with Gasteiger partial charge in [-0.15, -0.1) is 6.58 Å². The van der Waals surface area contributed by atoms with Crippen molar-refractivity contribution in [3.8, 4) is 5.75 Å². The van der Waals surface area contributed by atoms with E-state index in [0.717, 1.165) is 5.57 Å². The lowest BCUT2D eigenvalue weighted by Crippen LogP contribution is -2.48. The molecule has 1 N–H and O–H groups in total. The standard InChI is InChI=1S/C31H30N2O5/c1-4-9-17-10-8-13-21(26(17)34)25-19-14-15-20-24(29(37)32(3)27(20)35)22(19)16-23-28(36)33(30(38)31(23,25)2)18-11-6-5-7-12-18/h4-8,10-14,20,22-25,34H,1,9,15-16H2,2-3H3/t20-,22+,23-,24-,25+,31+/m0/s1. The van der Waals surface area contributed by atoms with Crippen LogP contribution in [0.1, 0.15) is 36.8 Å². The average Bonchev–Trinajstić information content (AvgIpc) is 3.26. The van der Waals surface area contributed by atoms with Crippen molar-refractivity contribution in [2.24, 2.45) is 29.1 Å². The Kier molecular flexibility index (Phi) is 5.45. The first-order chi connectivity index (χ1) is 18.2. The summed E-state index contributed by atoms with van der Waals surface area (Å²) in [6.45, 7) is 5.62. The van der Waals surface area contributed by atoms with Crippen LogP contribution in [0.2, 0.25) is 0 Å². The summed E-state index contributed by atoms with van der Waals surface area (Å²) in [6, 6.07) is 14.3. The zero-order valence-corrected chi connectivity index (χ0v) is 21.5. The van der Waals surface area contributed by atoms with Crippen molar-refractivity contribution in [3.05, 3.63) is 84.0 Å². The number of rotatable bonds is 4. The van der Waals surface area contributed by atoms with Gasteiger partial charge in [-0.25, -0.2) is 4.90 Å². The molecule has 6 atom stereocenters. The number of hydrogen-bond donors (Lipinski definition) is 1. The van der Waals surface area contributed by atoms with Gasteiger partial charge in [-0.3, -0.25) is 24.1 Å². The number of hydrogen-bond acceptors (Lipinski definition) is 5. The smallest absolute Gasteiger partial charge is 0.241 e. The third-order valence-electron chi connectivity index (χ3n) is 9.34. The molecule has 2 aromatic carbocycles. The number of likely N-dealkylation sites (tertiary alicyclic amines) is 1. The van der Waals surface area contributed by atoms with Crippen molar-refractivity contribution in [2.75, 3.05) is 11.9 Å². The molecule has 3 fully saturated rings. The van der Waals surface area contributed by atoms with Gasteiger partial charge in [-0.2, -0.15) is 0 Å². The van der Waals surface area contributed by atoms with Gasteiger partial charge in [0.15, 0.2) is 0 Å². The largest absolute Gasteiger partial charge is 0.507 e. The third-order valence-corrected chi connectivity index (χ3v) is 9.34. The van der Waals surface area contributed by atoms with E-state index in [1.54, 1.807) is 36.4 Å². The SMILES string of the molecule is C=CCc1cccc([C@H]2C3=CC[C@@H]4C(=O)N(C)C(=O)[C@@H]4[C@@H]3C[C@H]3C(=O)N(c4ccccc4)C(=O)[C@@]23C)c1O. The van der Waals surface area contributed by atoms with Crippen molar-refractivity contribution in [1.82, 2.24) is 4.90 Å². The highest BCUT2D eigenvalue weighted by molar-refractivity contribution is 6.24. The Morgan fingerprint density at radius 2 is 1.74 bits per heavy atom. The molecule has 0 bridgehead atoms. The number of carbonyl (C=O) groups is 4. The molecule has 0 aromatic heterocycles. The monoisotopic (exact) mass is 510 g/mol. The van der Waals surface area contributed by atoms with Crippen LogP contribution in [0, 0.1) is 29.1 Å². The summed E-state index contributed by atoms with van der Waals surface area (Å²) >= 11 is 0. The number of phenols is 1. The lowest BCUT2D eigenvalue weighted by molar-refractivity contribution is -0.138. The maximum atomic E-state index is 14.3. The maximum absolute atomic E-state index is 14.3. The quantitative estimate of drug-likeness (QED) is 0.496. The fourth-order valence-corrected chi connectivity index (χ4v) is 7.50. The van der Waals surface area contributed by atoms with Gasteiger partial charge < -0.3 is 5.11 Å². The van der Waals surface area contributed by atoms with Crippen LogP contribution in [0.5, 0.6) is 5.75 Å². The van der Waals surface area contributed by atoms with Crippen LogP contribution in [-0.4, -0.2) is 40.7 Å². The van der Waals surface area contributed by atoms with Crippen LogP contribution in [0.15, 0.2) is 72.8 Å². The fraction of sp³-hybridized carbons (Fsp3) is 0.355. The van der Waals surface area contributed by atoms with Crippen molar-refractivity contribution < 1.29 is 24.3 Å². The molecular formula is C31H30N2O5. The number of amides is 4. The first-order valence-electron chi connectivity index (χ1n) is 13.1. The Morgan fingerprint density at radius 1 is 1.00 bits per heavy atom. The number of para-hydroxylation sites is 2. The van der Waals surface area contributed by atoms with Crippen molar-refractivity contribution in [2.45, 2.75) is 32.1 Å². The normalized spacial score (nSPS) is 32.2. The van der Waals surface area contributed by atoms with Gasteiger partial charge in [0.2, 0.25) is 23.6 Å². The van der Waals surface area contributed by atoms with E-state index < -0.39 is 29.1 Å². The molecule has 2 aliphatic heterocycles. The lowest BCUT2D eigenvalue weighted by atomic mass is 9.51. The topological polar surface area (TPSA) is 95.0 Å². The first-order valence-corrected chi connectivity index (χ1v) is 13.1. The van der Waals surface area contributed by atoms with Crippen molar-refractivity contribution in [1.29, 1.82) is 0 Å². The van der Waals surface area contributed by atoms with Crippen LogP contribution in [0.3, 0.4) is 0 Å². The van der Waals surface area contributed by atoms with Gasteiger partial charge >= 0.3 is 0 Å². The van der Waals surface area contributed by atoms with Crippen LogP contribution < -0.4 is 4.90 Å². The number of benzene rings is 2. The fourth-order valence-electron chi connectivity index (χ4n) is 7.50. The molecule has 4 amide bonds. The number of carbonyl (C=O) groups excluding carboxylic acids is 4. The summed E-state index contributed by atoms with van der Waals surface area (Å²) in [5.74, 6) is -3.75. The molecule has 0 radical (unpaired) electrons. The number of fused-ring (bicyclic) bond motifs is 4. The second-order valence-electron chi connectivity index (χ2n) is 11.1. The summed E-state index contributed by atoms with van der Waals surface area (Å²) in [5, 5.41) is 11.4. The van der Waals surface area contributed by atoms with E-state index in [1.807, 2.05) is 31.2 Å². The van der Waals surface area contributed by atoms with Crippen LogP contribution in [0.4, 0.5) is 5.69 Å². The minimum atomic E-state index is -1.18. The third kappa shape index (κ3) is 3.08. The van der Waals surface area contributed by atoms with Crippen molar-refractivity contribution >= 4 is 29.3 Å². The van der Waals surface area contributed by atoms with Gasteiger partial charge in [0.05, 0.1) is 28.9 Å². The molecule has 6 rings (SSSR count). The number of allylic oxidation sites excluding steroid dienone is 3. The predicted octanol–water partition coefficient (Wildman–Crippen LogP) is 3.98. The Hall–Kier alpha value is -4.00. The second kappa shape index (κ2) is 8.51. The van der Waals surface area contributed by atoms with E-state index in [2.05, 4.69) is 6.58 Å². The van der Waals surface area contributed by atoms with Crippen molar-refractivity contribution in [3.63, 3.8) is 0 Å². The predicted molar refractivity (Wildman–Crippen MR) is 141 cm³/mol. The summed E-state index contributed by atoms with van der Waals surface area (Å²) in [7, 11) is 1.51. The molecular weight excluding hydrogens is 480 g/mol. The van der Waals surface area contributed by atoms with Crippen LogP contribution in [0.25, 0.3) is 0 Å². The molecule has 38 heavy (non-hydrogen) atoms. The van der Waals surface area contributed by atoms with Gasteiger partial charge in [-0.1, -0.05) is 54.1 Å². The van der Waals surface area contributed by atoms with E-state index in [-0.39, 0.29) is 35.3 Å². The molecule has 2 saturated heterocycles. The number of imide groups is 2. The molecule has 7 heteroatoms. The molecule has 1 saturated carbocycles. The van der Waals surface area contributed by atoms with E-state index in [0.29, 0.717) is 36.1 Å². The first kappa shape index (κ1) is 24.3. The summed E-state index contributed by atoms with van der Waals surface area (Å²) in [6.07, 6.45) is 4.83. The molecule has 2 aromatic rings. The van der Waals surface area contributed by atoms with Gasteiger partial charge in [-0.05, 0) is 49.8 Å². The zero-order chi connectivity index (χ0) is 26.9. The lowest BCUT2D eigenvalue weighted by Gasteiger charge is -2.49. The van der Waals surface area contributed by atoms with E-state index in [9.17, 15) is 24.3 Å². The summed E-state index contributed by atoms with van der Waals surface area (Å²) in [5.41, 5.74) is 1.43.